The predicted molar refractivity (Wildman–Crippen MR) is 76.7 cm³/mol. The van der Waals surface area contributed by atoms with E-state index in [4.69, 9.17) is 4.42 Å². The van der Waals surface area contributed by atoms with Crippen LogP contribution in [-0.4, -0.2) is 20.5 Å². The number of nitrogens with one attached hydrogen (secondary N) is 1. The molecule has 3 heterocycles. The fourth-order valence-corrected chi connectivity index (χ4v) is 2.22. The van der Waals surface area contributed by atoms with E-state index in [1.807, 2.05) is 42.6 Å². The second kappa shape index (κ2) is 5.40. The van der Waals surface area contributed by atoms with Crippen LogP contribution in [0.15, 0.2) is 47.2 Å². The maximum Gasteiger partial charge on any atom is 0.287 e. The molecular weight excluding hydrogens is 268 g/mol. The van der Waals surface area contributed by atoms with Gasteiger partial charge >= 0.3 is 0 Å². The normalized spacial score (nSPS) is 12.7. The summed E-state index contributed by atoms with van der Waals surface area (Å²) < 4.78 is 7.01. The molecule has 1 atom stereocenters. The minimum Gasteiger partial charge on any atom is -0.459 e. The first-order valence-electron chi connectivity index (χ1n) is 6.81. The van der Waals surface area contributed by atoms with Gasteiger partial charge in [-0.1, -0.05) is 19.9 Å². The molecule has 0 aliphatic carbocycles. The Labute approximate surface area is 121 Å². The van der Waals surface area contributed by atoms with Crippen molar-refractivity contribution < 1.29 is 9.21 Å². The third kappa shape index (κ3) is 2.52. The van der Waals surface area contributed by atoms with Crippen LogP contribution in [0, 0.1) is 5.92 Å². The van der Waals surface area contributed by atoms with Crippen LogP contribution < -0.4 is 5.32 Å². The van der Waals surface area contributed by atoms with E-state index in [1.54, 1.807) is 12.1 Å². The van der Waals surface area contributed by atoms with Crippen LogP contribution in [-0.2, 0) is 0 Å². The first-order chi connectivity index (χ1) is 10.2. The number of furan rings is 1. The Morgan fingerprint density at radius 3 is 2.81 bits per heavy atom. The summed E-state index contributed by atoms with van der Waals surface area (Å²) in [5.74, 6) is 0.901. The van der Waals surface area contributed by atoms with E-state index in [0.29, 0.717) is 5.82 Å². The lowest BCUT2D eigenvalue weighted by Gasteiger charge is -2.20. The van der Waals surface area contributed by atoms with Crippen LogP contribution in [0.5, 0.6) is 0 Å². The Morgan fingerprint density at radius 1 is 1.24 bits per heavy atom. The van der Waals surface area contributed by atoms with Crippen LogP contribution in [0.2, 0.25) is 0 Å². The highest BCUT2D eigenvalue weighted by molar-refractivity contribution is 5.91. The Morgan fingerprint density at radius 2 is 2.10 bits per heavy atom. The Bertz CT molecular complexity index is 746. The smallest absolute Gasteiger partial charge is 0.287 e. The number of hydrogen-bond acceptors (Lipinski definition) is 4. The van der Waals surface area contributed by atoms with Crippen LogP contribution in [0.25, 0.3) is 5.65 Å². The zero-order chi connectivity index (χ0) is 14.8. The number of rotatable bonds is 4. The summed E-state index contributed by atoms with van der Waals surface area (Å²) in [4.78, 5) is 12.2. The van der Waals surface area contributed by atoms with Gasteiger partial charge in [0.15, 0.2) is 17.2 Å². The molecule has 108 valence electrons. The molecule has 3 rings (SSSR count). The summed E-state index contributed by atoms with van der Waals surface area (Å²) in [5.41, 5.74) is 0.755. The molecule has 0 saturated carbocycles. The lowest BCUT2D eigenvalue weighted by molar-refractivity contribution is 0.0894. The van der Waals surface area contributed by atoms with Crippen molar-refractivity contribution in [1.82, 2.24) is 19.9 Å². The molecule has 6 heteroatoms. The number of fused-ring (bicyclic) bond motifs is 1. The van der Waals surface area contributed by atoms with Crippen molar-refractivity contribution >= 4 is 11.6 Å². The SMILES string of the molecule is CC(C)[C@H](NC(=O)c1ccco1)c1nnc2ccccn12. The minimum atomic E-state index is -0.258. The van der Waals surface area contributed by atoms with Crippen molar-refractivity contribution in [3.63, 3.8) is 0 Å². The predicted octanol–water partition coefficient (Wildman–Crippen LogP) is 2.45. The molecule has 21 heavy (non-hydrogen) atoms. The molecular formula is C15H16N4O2. The molecule has 1 amide bonds. The summed E-state index contributed by atoms with van der Waals surface area (Å²) in [6.45, 7) is 4.05. The highest BCUT2D eigenvalue weighted by atomic mass is 16.3. The quantitative estimate of drug-likeness (QED) is 0.798. The highest BCUT2D eigenvalue weighted by Crippen LogP contribution is 2.21. The molecule has 3 aromatic rings. The molecule has 0 aliphatic heterocycles. The van der Waals surface area contributed by atoms with Gasteiger partial charge in [0, 0.05) is 6.20 Å². The van der Waals surface area contributed by atoms with E-state index in [9.17, 15) is 4.79 Å². The molecule has 0 bridgehead atoms. The van der Waals surface area contributed by atoms with Crippen molar-refractivity contribution in [3.8, 4) is 0 Å². The van der Waals surface area contributed by atoms with Crippen LogP contribution in [0.1, 0.15) is 36.3 Å². The van der Waals surface area contributed by atoms with E-state index >= 15 is 0 Å². The average molecular weight is 284 g/mol. The van der Waals surface area contributed by atoms with Gasteiger partial charge < -0.3 is 9.73 Å². The van der Waals surface area contributed by atoms with Crippen molar-refractivity contribution in [2.24, 2.45) is 5.92 Å². The van der Waals surface area contributed by atoms with Crippen LogP contribution >= 0.6 is 0 Å². The standard InChI is InChI=1S/C15H16N4O2/c1-10(2)13(16-15(20)11-6-5-9-21-11)14-18-17-12-7-3-4-8-19(12)14/h3-10,13H,1-2H3,(H,16,20)/t13-/m0/s1. The van der Waals surface area contributed by atoms with Gasteiger partial charge in [-0.05, 0) is 30.2 Å². The van der Waals surface area contributed by atoms with Crippen molar-refractivity contribution in [2.45, 2.75) is 19.9 Å². The highest BCUT2D eigenvalue weighted by Gasteiger charge is 2.24. The number of nitrogens with zero attached hydrogens (tertiary/aromatic N) is 3. The van der Waals surface area contributed by atoms with Gasteiger partial charge in [-0.25, -0.2) is 0 Å². The van der Waals surface area contributed by atoms with E-state index in [1.165, 1.54) is 6.26 Å². The summed E-state index contributed by atoms with van der Waals surface area (Å²) >= 11 is 0. The Hall–Kier alpha value is -2.63. The van der Waals surface area contributed by atoms with Gasteiger partial charge in [-0.2, -0.15) is 0 Å². The first-order valence-corrected chi connectivity index (χ1v) is 6.81. The molecule has 1 N–H and O–H groups in total. The number of hydrogen-bond donors (Lipinski definition) is 1. The van der Waals surface area contributed by atoms with Gasteiger partial charge in [-0.15, -0.1) is 10.2 Å². The van der Waals surface area contributed by atoms with Crippen LogP contribution in [0.4, 0.5) is 0 Å². The van der Waals surface area contributed by atoms with Gasteiger partial charge in [0.2, 0.25) is 0 Å². The number of carbonyl (C=O) groups is 1. The van der Waals surface area contributed by atoms with Gasteiger partial charge in [0.05, 0.1) is 12.3 Å². The third-order valence-electron chi connectivity index (χ3n) is 3.32. The molecule has 0 aromatic carbocycles. The fourth-order valence-electron chi connectivity index (χ4n) is 2.22. The topological polar surface area (TPSA) is 72.4 Å². The molecule has 0 aliphatic rings. The Balaban J connectivity index is 1.93. The first kappa shape index (κ1) is 13.4. The summed E-state index contributed by atoms with van der Waals surface area (Å²) in [6, 6.07) is 8.76. The van der Waals surface area contributed by atoms with Crippen LogP contribution in [0.3, 0.4) is 0 Å². The molecule has 0 fully saturated rings. The summed E-state index contributed by atoms with van der Waals surface area (Å²) in [5, 5.41) is 11.3. The van der Waals surface area contributed by atoms with Crippen molar-refractivity contribution in [2.75, 3.05) is 0 Å². The molecule has 0 unspecified atom stereocenters. The molecule has 6 nitrogen and oxygen atoms in total. The van der Waals surface area contributed by atoms with Gasteiger partial charge in [-0.3, -0.25) is 9.20 Å². The lowest BCUT2D eigenvalue weighted by Crippen LogP contribution is -2.32. The van der Waals surface area contributed by atoms with E-state index in [-0.39, 0.29) is 23.6 Å². The molecule has 0 radical (unpaired) electrons. The minimum absolute atomic E-state index is 0.163. The van der Waals surface area contributed by atoms with Crippen molar-refractivity contribution in [3.05, 3.63) is 54.4 Å². The number of carbonyl (C=O) groups excluding carboxylic acids is 1. The number of pyridine rings is 1. The second-order valence-corrected chi connectivity index (χ2v) is 5.16. The second-order valence-electron chi connectivity index (χ2n) is 5.16. The average Bonchev–Trinajstić information content (AvgIpc) is 3.14. The maximum atomic E-state index is 12.2. The van der Waals surface area contributed by atoms with E-state index in [2.05, 4.69) is 15.5 Å². The molecule has 3 aromatic heterocycles. The third-order valence-corrected chi connectivity index (χ3v) is 3.32. The molecule has 0 saturated heterocycles. The molecule has 0 spiro atoms. The van der Waals surface area contributed by atoms with E-state index < -0.39 is 0 Å². The van der Waals surface area contributed by atoms with Gasteiger partial charge in [0.25, 0.3) is 5.91 Å². The lowest BCUT2D eigenvalue weighted by atomic mass is 10.0. The van der Waals surface area contributed by atoms with Crippen molar-refractivity contribution in [1.29, 1.82) is 0 Å². The van der Waals surface area contributed by atoms with Gasteiger partial charge in [0.1, 0.15) is 0 Å². The number of aromatic nitrogens is 3. The largest absolute Gasteiger partial charge is 0.459 e. The van der Waals surface area contributed by atoms with E-state index in [0.717, 1.165) is 5.65 Å². The fraction of sp³-hybridized carbons (Fsp3) is 0.267. The zero-order valence-corrected chi connectivity index (χ0v) is 11.9. The monoisotopic (exact) mass is 284 g/mol. The summed E-state index contributed by atoms with van der Waals surface area (Å²) in [6.07, 6.45) is 3.37. The summed E-state index contributed by atoms with van der Waals surface area (Å²) in [7, 11) is 0. The number of amides is 1. The Kier molecular flexibility index (Phi) is 3.43. The zero-order valence-electron chi connectivity index (χ0n) is 11.9. The maximum absolute atomic E-state index is 12.2.